The van der Waals surface area contributed by atoms with E-state index in [0.717, 1.165) is 0 Å². The number of para-hydroxylation sites is 1. The third-order valence-electron chi connectivity index (χ3n) is 2.54. The van der Waals surface area contributed by atoms with Crippen LogP contribution in [0.2, 0.25) is 0 Å². The van der Waals surface area contributed by atoms with E-state index in [9.17, 15) is 9.90 Å². The third-order valence-corrected chi connectivity index (χ3v) is 2.54. The van der Waals surface area contributed by atoms with Crippen molar-refractivity contribution in [3.63, 3.8) is 0 Å². The highest BCUT2D eigenvalue weighted by Crippen LogP contribution is 2.29. The Hall–Kier alpha value is -1.75. The SMILES string of the molecule is CCOC(=O)C(C)NCc1cccc(OC)c1O. The van der Waals surface area contributed by atoms with E-state index in [0.29, 0.717) is 24.5 Å². The van der Waals surface area contributed by atoms with Gasteiger partial charge in [-0.05, 0) is 19.9 Å². The molecule has 0 heterocycles. The minimum absolute atomic E-state index is 0.0866. The lowest BCUT2D eigenvalue weighted by molar-refractivity contribution is -0.145. The Labute approximate surface area is 107 Å². The second-order valence-electron chi connectivity index (χ2n) is 3.82. The van der Waals surface area contributed by atoms with E-state index in [1.165, 1.54) is 7.11 Å². The zero-order valence-electron chi connectivity index (χ0n) is 10.9. The number of phenolic OH excluding ortho intramolecular Hbond substituents is 1. The number of carbonyl (C=O) groups excluding carboxylic acids is 1. The van der Waals surface area contributed by atoms with Crippen molar-refractivity contribution in [1.82, 2.24) is 5.32 Å². The molecule has 5 heteroatoms. The van der Waals surface area contributed by atoms with Gasteiger partial charge in [-0.25, -0.2) is 0 Å². The van der Waals surface area contributed by atoms with E-state index in [2.05, 4.69) is 5.32 Å². The lowest BCUT2D eigenvalue weighted by atomic mass is 10.1. The molecule has 0 aliphatic carbocycles. The predicted octanol–water partition coefficient (Wildman–Crippen LogP) is 1.44. The Morgan fingerprint density at radius 3 is 2.83 bits per heavy atom. The van der Waals surface area contributed by atoms with Crippen molar-refractivity contribution in [3.8, 4) is 11.5 Å². The molecule has 0 fully saturated rings. The Morgan fingerprint density at radius 1 is 1.50 bits per heavy atom. The summed E-state index contributed by atoms with van der Waals surface area (Å²) in [5.41, 5.74) is 0.672. The molecule has 0 saturated carbocycles. The van der Waals surface area contributed by atoms with Gasteiger partial charge in [0.25, 0.3) is 0 Å². The average molecular weight is 253 g/mol. The summed E-state index contributed by atoms with van der Waals surface area (Å²) in [4.78, 5) is 11.4. The van der Waals surface area contributed by atoms with E-state index < -0.39 is 6.04 Å². The monoisotopic (exact) mass is 253 g/mol. The zero-order chi connectivity index (χ0) is 13.5. The van der Waals surface area contributed by atoms with Crippen LogP contribution < -0.4 is 10.1 Å². The molecule has 1 atom stereocenters. The molecule has 1 unspecified atom stereocenters. The molecule has 2 N–H and O–H groups in total. The van der Waals surface area contributed by atoms with Crippen LogP contribution in [0.5, 0.6) is 11.5 Å². The third kappa shape index (κ3) is 3.63. The maximum Gasteiger partial charge on any atom is 0.322 e. The van der Waals surface area contributed by atoms with Crippen LogP contribution in [0.15, 0.2) is 18.2 Å². The van der Waals surface area contributed by atoms with Gasteiger partial charge < -0.3 is 19.9 Å². The molecule has 1 aromatic rings. The number of rotatable bonds is 6. The predicted molar refractivity (Wildman–Crippen MR) is 67.6 cm³/mol. The van der Waals surface area contributed by atoms with Crippen LogP contribution in [0.25, 0.3) is 0 Å². The minimum atomic E-state index is -0.421. The summed E-state index contributed by atoms with van der Waals surface area (Å²) < 4.78 is 9.89. The fourth-order valence-electron chi connectivity index (χ4n) is 1.49. The van der Waals surface area contributed by atoms with Crippen LogP contribution in [0, 0.1) is 0 Å². The van der Waals surface area contributed by atoms with Gasteiger partial charge in [0.2, 0.25) is 0 Å². The normalized spacial score (nSPS) is 11.9. The van der Waals surface area contributed by atoms with Gasteiger partial charge in [-0.3, -0.25) is 4.79 Å². The first-order chi connectivity index (χ1) is 8.60. The van der Waals surface area contributed by atoms with Crippen molar-refractivity contribution in [2.45, 2.75) is 26.4 Å². The number of ether oxygens (including phenoxy) is 2. The minimum Gasteiger partial charge on any atom is -0.504 e. The summed E-state index contributed by atoms with van der Waals surface area (Å²) >= 11 is 0. The highest BCUT2D eigenvalue weighted by molar-refractivity contribution is 5.75. The first-order valence-corrected chi connectivity index (χ1v) is 5.85. The fourth-order valence-corrected chi connectivity index (χ4v) is 1.49. The molecule has 0 bridgehead atoms. The summed E-state index contributed by atoms with van der Waals surface area (Å²) in [6.45, 7) is 4.20. The van der Waals surface area contributed by atoms with Crippen LogP contribution in [0.1, 0.15) is 19.4 Å². The molecule has 0 aliphatic heterocycles. The topological polar surface area (TPSA) is 67.8 Å². The zero-order valence-corrected chi connectivity index (χ0v) is 10.9. The van der Waals surface area contributed by atoms with Gasteiger partial charge in [-0.2, -0.15) is 0 Å². The van der Waals surface area contributed by atoms with Crippen LogP contribution in [0.4, 0.5) is 0 Å². The lowest BCUT2D eigenvalue weighted by Crippen LogP contribution is -2.34. The molecule has 0 aromatic heterocycles. The molecule has 0 amide bonds. The highest BCUT2D eigenvalue weighted by Gasteiger charge is 2.14. The molecule has 100 valence electrons. The quantitative estimate of drug-likeness (QED) is 0.751. The Bertz CT molecular complexity index is 406. The number of aromatic hydroxyl groups is 1. The van der Waals surface area contributed by atoms with Gasteiger partial charge in [0.1, 0.15) is 6.04 Å². The van der Waals surface area contributed by atoms with Gasteiger partial charge in [-0.15, -0.1) is 0 Å². The number of nitrogens with one attached hydrogen (secondary N) is 1. The maximum absolute atomic E-state index is 11.4. The summed E-state index contributed by atoms with van der Waals surface area (Å²) in [5, 5.41) is 12.8. The van der Waals surface area contributed by atoms with E-state index in [4.69, 9.17) is 9.47 Å². The van der Waals surface area contributed by atoms with Crippen LogP contribution in [-0.4, -0.2) is 30.8 Å². The summed E-state index contributed by atoms with van der Waals surface area (Å²) in [6.07, 6.45) is 0. The summed E-state index contributed by atoms with van der Waals surface area (Å²) in [5.74, 6) is 0.196. The lowest BCUT2D eigenvalue weighted by Gasteiger charge is -2.14. The highest BCUT2D eigenvalue weighted by atomic mass is 16.5. The average Bonchev–Trinajstić information content (AvgIpc) is 2.37. The smallest absolute Gasteiger partial charge is 0.322 e. The molecule has 0 aliphatic rings. The molecule has 1 aromatic carbocycles. The van der Waals surface area contributed by atoms with E-state index in [1.54, 1.807) is 32.0 Å². The van der Waals surface area contributed by atoms with E-state index in [-0.39, 0.29) is 11.7 Å². The largest absolute Gasteiger partial charge is 0.504 e. The molecule has 0 saturated heterocycles. The number of esters is 1. The van der Waals surface area contributed by atoms with Crippen molar-refractivity contribution in [3.05, 3.63) is 23.8 Å². The number of hydrogen-bond donors (Lipinski definition) is 2. The number of benzene rings is 1. The maximum atomic E-state index is 11.4. The Kier molecular flexibility index (Phi) is 5.45. The van der Waals surface area contributed by atoms with Crippen LogP contribution in [-0.2, 0) is 16.1 Å². The van der Waals surface area contributed by atoms with Crippen LogP contribution >= 0.6 is 0 Å². The van der Waals surface area contributed by atoms with Crippen molar-refractivity contribution in [2.24, 2.45) is 0 Å². The molecule has 0 spiro atoms. The summed E-state index contributed by atoms with van der Waals surface area (Å²) in [7, 11) is 1.49. The van der Waals surface area contributed by atoms with Crippen molar-refractivity contribution in [1.29, 1.82) is 0 Å². The Morgan fingerprint density at radius 2 is 2.22 bits per heavy atom. The second-order valence-corrected chi connectivity index (χ2v) is 3.82. The Balaban J connectivity index is 2.61. The van der Waals surface area contributed by atoms with Crippen molar-refractivity contribution >= 4 is 5.97 Å². The standard InChI is InChI=1S/C13H19NO4/c1-4-18-13(16)9(2)14-8-10-6-5-7-11(17-3)12(10)15/h5-7,9,14-15H,4,8H2,1-3H3. The molecular formula is C13H19NO4. The molecule has 0 radical (unpaired) electrons. The molecule has 5 nitrogen and oxygen atoms in total. The molecule has 18 heavy (non-hydrogen) atoms. The number of carbonyl (C=O) groups is 1. The molecular weight excluding hydrogens is 234 g/mol. The van der Waals surface area contributed by atoms with E-state index >= 15 is 0 Å². The van der Waals surface area contributed by atoms with Crippen molar-refractivity contribution in [2.75, 3.05) is 13.7 Å². The fraction of sp³-hybridized carbons (Fsp3) is 0.462. The van der Waals surface area contributed by atoms with Gasteiger partial charge in [0.15, 0.2) is 11.5 Å². The number of hydrogen-bond acceptors (Lipinski definition) is 5. The van der Waals surface area contributed by atoms with Crippen molar-refractivity contribution < 1.29 is 19.4 Å². The van der Waals surface area contributed by atoms with Gasteiger partial charge in [-0.1, -0.05) is 12.1 Å². The summed E-state index contributed by atoms with van der Waals surface area (Å²) in [6, 6.07) is 4.80. The first-order valence-electron chi connectivity index (χ1n) is 5.85. The van der Waals surface area contributed by atoms with Gasteiger partial charge >= 0.3 is 5.97 Å². The molecule has 1 rings (SSSR count). The van der Waals surface area contributed by atoms with Gasteiger partial charge in [0.05, 0.1) is 13.7 Å². The number of phenols is 1. The van der Waals surface area contributed by atoms with E-state index in [1.807, 2.05) is 0 Å². The van der Waals surface area contributed by atoms with Crippen LogP contribution in [0.3, 0.4) is 0 Å². The first kappa shape index (κ1) is 14.3. The van der Waals surface area contributed by atoms with Gasteiger partial charge in [0, 0.05) is 12.1 Å². The second kappa shape index (κ2) is 6.86. The number of methoxy groups -OCH3 is 1.